The van der Waals surface area contributed by atoms with Crippen molar-refractivity contribution in [1.29, 1.82) is 0 Å². The molecule has 0 unspecified atom stereocenters. The van der Waals surface area contributed by atoms with Gasteiger partial charge >= 0.3 is 0 Å². The molecule has 0 saturated carbocycles. The lowest BCUT2D eigenvalue weighted by molar-refractivity contribution is -0.384. The maximum atomic E-state index is 12.2. The van der Waals surface area contributed by atoms with E-state index in [-0.39, 0.29) is 17.9 Å². The number of halogens is 2. The number of carbonyl (C=O) groups excluding carboxylic acids is 1. The molecular formula is C22H17BrClN3O5. The first-order chi connectivity index (χ1) is 15.4. The minimum absolute atomic E-state index is 0.124. The molecule has 1 amide bonds. The molecule has 0 aliphatic heterocycles. The number of hydrogen-bond donors (Lipinski definition) is 1. The number of hydrazone groups is 1. The van der Waals surface area contributed by atoms with Gasteiger partial charge in [-0.25, -0.2) is 5.43 Å². The molecule has 0 aliphatic carbocycles. The Morgan fingerprint density at radius 1 is 1.22 bits per heavy atom. The van der Waals surface area contributed by atoms with Crippen LogP contribution in [-0.2, 0) is 6.61 Å². The van der Waals surface area contributed by atoms with E-state index in [0.29, 0.717) is 26.6 Å². The molecule has 0 bridgehead atoms. The van der Waals surface area contributed by atoms with Gasteiger partial charge in [-0.3, -0.25) is 14.9 Å². The Bertz CT molecular complexity index is 1190. The van der Waals surface area contributed by atoms with Crippen molar-refractivity contribution in [1.82, 2.24) is 5.43 Å². The molecule has 0 aliphatic rings. The quantitative estimate of drug-likeness (QED) is 0.246. The van der Waals surface area contributed by atoms with Crippen molar-refractivity contribution in [3.05, 3.63) is 97.0 Å². The van der Waals surface area contributed by atoms with Gasteiger partial charge in [0.1, 0.15) is 6.61 Å². The Hall–Kier alpha value is -3.43. The molecule has 0 atom stereocenters. The highest BCUT2D eigenvalue weighted by molar-refractivity contribution is 9.10. The van der Waals surface area contributed by atoms with E-state index >= 15 is 0 Å². The number of ether oxygens (including phenoxy) is 2. The van der Waals surface area contributed by atoms with Crippen molar-refractivity contribution in [3.8, 4) is 11.5 Å². The number of carbonyl (C=O) groups is 1. The lowest BCUT2D eigenvalue weighted by Crippen LogP contribution is -2.17. The molecule has 3 aromatic rings. The summed E-state index contributed by atoms with van der Waals surface area (Å²) < 4.78 is 11.9. The van der Waals surface area contributed by atoms with Crippen molar-refractivity contribution in [3.63, 3.8) is 0 Å². The van der Waals surface area contributed by atoms with Gasteiger partial charge in [-0.15, -0.1) is 0 Å². The van der Waals surface area contributed by atoms with E-state index in [1.165, 1.54) is 37.6 Å². The van der Waals surface area contributed by atoms with Crippen molar-refractivity contribution >= 4 is 45.3 Å². The summed E-state index contributed by atoms with van der Waals surface area (Å²) in [5, 5.41) is 15.4. The number of benzene rings is 3. The minimum Gasteiger partial charge on any atom is -0.493 e. The lowest BCUT2D eigenvalue weighted by Gasteiger charge is -2.14. The van der Waals surface area contributed by atoms with Crippen molar-refractivity contribution < 1.29 is 19.2 Å². The number of rotatable bonds is 8. The lowest BCUT2D eigenvalue weighted by atomic mass is 10.2. The molecular weight excluding hydrogens is 502 g/mol. The van der Waals surface area contributed by atoms with Crippen LogP contribution in [-0.4, -0.2) is 24.2 Å². The van der Waals surface area contributed by atoms with Crippen LogP contribution in [0.5, 0.6) is 11.5 Å². The maximum absolute atomic E-state index is 12.2. The van der Waals surface area contributed by atoms with Gasteiger partial charge in [0.15, 0.2) is 11.5 Å². The first-order valence-electron chi connectivity index (χ1n) is 9.20. The number of amides is 1. The van der Waals surface area contributed by atoms with Crippen LogP contribution in [0.4, 0.5) is 5.69 Å². The van der Waals surface area contributed by atoms with Gasteiger partial charge in [-0.05, 0) is 45.8 Å². The zero-order chi connectivity index (χ0) is 23.1. The SMILES string of the molecule is COc1cc(/C=N\NC(=O)c2cccc([N+](=O)[O-])c2)cc(Br)c1OCc1ccccc1Cl. The van der Waals surface area contributed by atoms with Crippen LogP contribution in [0.3, 0.4) is 0 Å². The van der Waals surface area contributed by atoms with Crippen molar-refractivity contribution in [2.75, 3.05) is 7.11 Å². The molecule has 3 rings (SSSR count). The molecule has 0 heterocycles. The second-order valence-electron chi connectivity index (χ2n) is 6.42. The Balaban J connectivity index is 1.70. The molecule has 0 fully saturated rings. The zero-order valence-corrected chi connectivity index (χ0v) is 19.1. The maximum Gasteiger partial charge on any atom is 0.271 e. The molecule has 164 valence electrons. The molecule has 10 heteroatoms. The predicted molar refractivity (Wildman–Crippen MR) is 125 cm³/mol. The van der Waals surface area contributed by atoms with Gasteiger partial charge < -0.3 is 9.47 Å². The number of methoxy groups -OCH3 is 1. The smallest absolute Gasteiger partial charge is 0.271 e. The fourth-order valence-corrected chi connectivity index (χ4v) is 3.47. The van der Waals surface area contributed by atoms with Crippen LogP contribution in [0.2, 0.25) is 5.02 Å². The monoisotopic (exact) mass is 517 g/mol. The van der Waals surface area contributed by atoms with Crippen LogP contribution >= 0.6 is 27.5 Å². The predicted octanol–water partition coefficient (Wildman–Crippen LogP) is 5.36. The van der Waals surface area contributed by atoms with Gasteiger partial charge in [0, 0.05) is 28.3 Å². The first-order valence-corrected chi connectivity index (χ1v) is 10.4. The molecule has 32 heavy (non-hydrogen) atoms. The highest BCUT2D eigenvalue weighted by Crippen LogP contribution is 2.37. The molecule has 3 aromatic carbocycles. The Kier molecular flexibility index (Phi) is 7.80. The number of non-ortho nitro benzene ring substituents is 1. The topological polar surface area (TPSA) is 103 Å². The molecule has 0 radical (unpaired) electrons. The van der Waals surface area contributed by atoms with Crippen LogP contribution in [0.25, 0.3) is 0 Å². The minimum atomic E-state index is -0.573. The summed E-state index contributed by atoms with van der Waals surface area (Å²) in [5.74, 6) is 0.374. The molecule has 0 spiro atoms. The number of nitrogens with one attached hydrogen (secondary N) is 1. The summed E-state index contributed by atoms with van der Waals surface area (Å²) in [6, 6.07) is 16.2. The summed E-state index contributed by atoms with van der Waals surface area (Å²) >= 11 is 9.63. The van der Waals surface area contributed by atoms with E-state index in [1.807, 2.05) is 18.2 Å². The van der Waals surface area contributed by atoms with Gasteiger partial charge in [0.05, 0.1) is 22.7 Å². The highest BCUT2D eigenvalue weighted by Gasteiger charge is 2.13. The van der Waals surface area contributed by atoms with Gasteiger partial charge in [0.25, 0.3) is 11.6 Å². The van der Waals surface area contributed by atoms with Crippen LogP contribution in [0.1, 0.15) is 21.5 Å². The summed E-state index contributed by atoms with van der Waals surface area (Å²) in [5.41, 5.74) is 3.74. The van der Waals surface area contributed by atoms with Crippen LogP contribution < -0.4 is 14.9 Å². The van der Waals surface area contributed by atoms with Gasteiger partial charge in [-0.1, -0.05) is 35.9 Å². The molecule has 0 aromatic heterocycles. The summed E-state index contributed by atoms with van der Waals surface area (Å²) in [4.78, 5) is 22.5. The van der Waals surface area contributed by atoms with E-state index in [1.54, 1.807) is 18.2 Å². The molecule has 1 N–H and O–H groups in total. The second-order valence-corrected chi connectivity index (χ2v) is 7.68. The fourth-order valence-electron chi connectivity index (χ4n) is 2.71. The van der Waals surface area contributed by atoms with E-state index in [4.69, 9.17) is 21.1 Å². The normalized spacial score (nSPS) is 10.7. The summed E-state index contributed by atoms with van der Waals surface area (Å²) in [6.07, 6.45) is 1.42. The van der Waals surface area contributed by atoms with E-state index in [9.17, 15) is 14.9 Å². The largest absolute Gasteiger partial charge is 0.493 e. The van der Waals surface area contributed by atoms with Gasteiger partial charge in [-0.2, -0.15) is 5.10 Å². The Labute approximate surface area is 197 Å². The third kappa shape index (κ3) is 5.83. The molecule has 0 saturated heterocycles. The first kappa shape index (κ1) is 23.2. The van der Waals surface area contributed by atoms with E-state index in [0.717, 1.165) is 5.56 Å². The van der Waals surface area contributed by atoms with Crippen LogP contribution in [0, 0.1) is 10.1 Å². The summed E-state index contributed by atoms with van der Waals surface area (Å²) in [7, 11) is 1.51. The fraction of sp³-hybridized carbons (Fsp3) is 0.0909. The highest BCUT2D eigenvalue weighted by atomic mass is 79.9. The van der Waals surface area contributed by atoms with Crippen molar-refractivity contribution in [2.24, 2.45) is 5.10 Å². The van der Waals surface area contributed by atoms with Crippen LogP contribution in [0.15, 0.2) is 70.2 Å². The number of hydrogen-bond acceptors (Lipinski definition) is 6. The molecule has 8 nitrogen and oxygen atoms in total. The van der Waals surface area contributed by atoms with E-state index < -0.39 is 10.8 Å². The average molecular weight is 519 g/mol. The Morgan fingerprint density at radius 3 is 2.72 bits per heavy atom. The third-order valence-electron chi connectivity index (χ3n) is 4.28. The second kappa shape index (κ2) is 10.7. The Morgan fingerprint density at radius 2 is 2.00 bits per heavy atom. The summed E-state index contributed by atoms with van der Waals surface area (Å²) in [6.45, 7) is 0.251. The van der Waals surface area contributed by atoms with Crippen molar-refractivity contribution in [2.45, 2.75) is 6.61 Å². The number of nitrogens with zero attached hydrogens (tertiary/aromatic N) is 2. The average Bonchev–Trinajstić information content (AvgIpc) is 2.79. The number of nitro benzene ring substituents is 1. The van der Waals surface area contributed by atoms with E-state index in [2.05, 4.69) is 26.5 Å². The van der Waals surface area contributed by atoms with Gasteiger partial charge in [0.2, 0.25) is 0 Å². The standard InChI is InChI=1S/C22H17BrClN3O5/c1-31-20-10-14(9-18(23)21(20)32-13-16-5-2-3-8-19(16)24)12-25-26-22(28)15-6-4-7-17(11-15)27(29)30/h2-12H,13H2,1H3,(H,26,28)/b25-12-. The zero-order valence-electron chi connectivity index (χ0n) is 16.7. The third-order valence-corrected chi connectivity index (χ3v) is 5.24. The number of nitro groups is 1.